The van der Waals surface area contributed by atoms with Crippen LogP contribution in [-0.2, 0) is 9.08 Å². The topological polar surface area (TPSA) is 148 Å². The molecule has 0 amide bonds. The average Bonchev–Trinajstić information content (AvgIpc) is 2.24. The largest absolute Gasteiger partial charge is 0.477 e. The van der Waals surface area contributed by atoms with Gasteiger partial charge in [0.1, 0.15) is 18.3 Å². The van der Waals surface area contributed by atoms with Gasteiger partial charge in [-0.3, -0.25) is 0 Å². The maximum Gasteiger partial charge on any atom is 0.368 e. The normalized spacial score (nSPS) is 21.5. The van der Waals surface area contributed by atoms with E-state index < -0.39 is 36.7 Å². The Morgan fingerprint density at radius 1 is 1.40 bits per heavy atom. The molecule has 4 atom stereocenters. The first-order valence-corrected chi connectivity index (χ1v) is 4.02. The fraction of sp³-hybridized carbons (Fsp3) is 0.833. The fourth-order valence-electron chi connectivity index (χ4n) is 0.755. The molecule has 0 fully saturated rings. The molecule has 6 N–H and O–H groups in total. The van der Waals surface area contributed by atoms with Crippen LogP contribution in [0.1, 0.15) is 0 Å². The highest BCUT2D eigenvalue weighted by Gasteiger charge is 2.50. The molecule has 0 radical (unpaired) electrons. The van der Waals surface area contributed by atoms with Crippen molar-refractivity contribution in [1.29, 1.82) is 0 Å². The van der Waals surface area contributed by atoms with Gasteiger partial charge in [-0.15, -0.1) is 0 Å². The minimum atomic E-state index is -3.28. The number of hydrogen-bond donors (Lipinski definition) is 6. The van der Waals surface area contributed by atoms with Gasteiger partial charge in [0, 0.05) is 0 Å². The SMILES string of the molecule is O=C(O)[C@@](O)(OCl)[C@@H](O)[C@H](O)[C@H](O)CO. The van der Waals surface area contributed by atoms with Gasteiger partial charge in [0.2, 0.25) is 0 Å². The summed E-state index contributed by atoms with van der Waals surface area (Å²) in [7, 11) is 0. The molecule has 0 aromatic rings. The summed E-state index contributed by atoms with van der Waals surface area (Å²) in [6, 6.07) is 0. The quantitative estimate of drug-likeness (QED) is 0.272. The third-order valence-electron chi connectivity index (χ3n) is 1.73. The zero-order valence-electron chi connectivity index (χ0n) is 7.32. The monoisotopic (exact) mass is 246 g/mol. The zero-order valence-corrected chi connectivity index (χ0v) is 8.07. The van der Waals surface area contributed by atoms with E-state index in [2.05, 4.69) is 16.2 Å². The molecule has 0 saturated heterocycles. The van der Waals surface area contributed by atoms with Crippen LogP contribution in [0.5, 0.6) is 0 Å². The number of aliphatic hydroxyl groups is 5. The van der Waals surface area contributed by atoms with E-state index in [4.69, 9.17) is 30.6 Å². The Morgan fingerprint density at radius 2 is 1.87 bits per heavy atom. The molecule has 0 unspecified atom stereocenters. The van der Waals surface area contributed by atoms with E-state index in [1.54, 1.807) is 0 Å². The van der Waals surface area contributed by atoms with E-state index in [1.165, 1.54) is 0 Å². The Morgan fingerprint density at radius 3 is 2.13 bits per heavy atom. The molecule has 0 aromatic carbocycles. The maximum atomic E-state index is 10.4. The van der Waals surface area contributed by atoms with Crippen molar-refractivity contribution in [2.45, 2.75) is 24.1 Å². The van der Waals surface area contributed by atoms with E-state index in [0.717, 1.165) is 0 Å². The van der Waals surface area contributed by atoms with E-state index in [9.17, 15) is 4.79 Å². The fourth-order valence-corrected chi connectivity index (χ4v) is 0.912. The summed E-state index contributed by atoms with van der Waals surface area (Å²) in [4.78, 5) is 10.4. The molecule has 90 valence electrons. The van der Waals surface area contributed by atoms with Crippen LogP contribution in [0.15, 0.2) is 0 Å². The van der Waals surface area contributed by atoms with Crippen LogP contribution in [0.4, 0.5) is 0 Å². The molecule has 8 nitrogen and oxygen atoms in total. The van der Waals surface area contributed by atoms with Crippen LogP contribution >= 0.6 is 11.9 Å². The molecule has 9 heteroatoms. The van der Waals surface area contributed by atoms with Gasteiger partial charge in [0.15, 0.2) is 0 Å². The standard InChI is InChI=1S/C6H11ClO8/c7-15-6(14,5(12)13)4(11)3(10)2(9)1-8/h2-4,8-11,14H,1H2,(H,12,13)/t2-,3-,4+,6+/m1/s1. The predicted octanol–water partition coefficient (Wildman–Crippen LogP) is -3.00. The van der Waals surface area contributed by atoms with Crippen LogP contribution in [0.25, 0.3) is 0 Å². The van der Waals surface area contributed by atoms with Gasteiger partial charge in [-0.05, 0) is 0 Å². The van der Waals surface area contributed by atoms with E-state index in [0.29, 0.717) is 0 Å². The number of aliphatic carboxylic acids is 1. The first kappa shape index (κ1) is 14.5. The van der Waals surface area contributed by atoms with Crippen molar-refractivity contribution in [3.05, 3.63) is 0 Å². The zero-order chi connectivity index (χ0) is 12.2. The molecule has 0 bridgehead atoms. The van der Waals surface area contributed by atoms with E-state index in [-0.39, 0.29) is 0 Å². The molecule has 0 saturated carbocycles. The number of halogens is 1. The first-order chi connectivity index (χ1) is 6.81. The van der Waals surface area contributed by atoms with Gasteiger partial charge < -0.3 is 30.6 Å². The van der Waals surface area contributed by atoms with Crippen LogP contribution in [0.2, 0.25) is 0 Å². The molecule has 0 aliphatic heterocycles. The van der Waals surface area contributed by atoms with Gasteiger partial charge in [0.05, 0.1) is 18.5 Å². The highest BCUT2D eigenvalue weighted by atomic mass is 35.5. The van der Waals surface area contributed by atoms with Crippen LogP contribution in [0.3, 0.4) is 0 Å². The molecule has 15 heavy (non-hydrogen) atoms. The van der Waals surface area contributed by atoms with Crippen molar-refractivity contribution in [3.63, 3.8) is 0 Å². The van der Waals surface area contributed by atoms with Gasteiger partial charge in [0.25, 0.3) is 0 Å². The smallest absolute Gasteiger partial charge is 0.368 e. The Balaban J connectivity index is 4.79. The molecular formula is C6H11ClO8. The minimum absolute atomic E-state index is 0.948. The predicted molar refractivity (Wildman–Crippen MR) is 44.6 cm³/mol. The van der Waals surface area contributed by atoms with Gasteiger partial charge in [-0.1, -0.05) is 0 Å². The lowest BCUT2D eigenvalue weighted by Gasteiger charge is -2.30. The summed E-state index contributed by atoms with van der Waals surface area (Å²) in [5, 5.41) is 53.1. The molecule has 0 aliphatic carbocycles. The lowest BCUT2D eigenvalue weighted by Crippen LogP contribution is -2.58. The Labute approximate surface area is 89.1 Å². The third-order valence-corrected chi connectivity index (χ3v) is 1.96. The lowest BCUT2D eigenvalue weighted by molar-refractivity contribution is -0.246. The second-order valence-corrected chi connectivity index (χ2v) is 2.92. The summed E-state index contributed by atoms with van der Waals surface area (Å²) < 4.78 is 3.60. The van der Waals surface area contributed by atoms with Crippen molar-refractivity contribution >= 4 is 17.8 Å². The molecular weight excluding hydrogens is 236 g/mol. The van der Waals surface area contributed by atoms with Crippen molar-refractivity contribution in [2.24, 2.45) is 0 Å². The first-order valence-electron chi connectivity index (χ1n) is 3.71. The maximum absolute atomic E-state index is 10.4. The summed E-state index contributed by atoms with van der Waals surface area (Å²) in [6.07, 6.45) is -6.43. The van der Waals surface area contributed by atoms with Crippen molar-refractivity contribution in [2.75, 3.05) is 6.61 Å². The molecule has 0 heterocycles. The Kier molecular flexibility index (Phi) is 5.38. The number of hydrogen-bond acceptors (Lipinski definition) is 7. The van der Waals surface area contributed by atoms with Crippen molar-refractivity contribution in [3.8, 4) is 0 Å². The van der Waals surface area contributed by atoms with Crippen LogP contribution < -0.4 is 0 Å². The average molecular weight is 247 g/mol. The number of carboxylic acids is 1. The van der Waals surface area contributed by atoms with Gasteiger partial charge in [-0.2, -0.15) is 0 Å². The highest BCUT2D eigenvalue weighted by molar-refractivity contribution is 6.08. The number of rotatable bonds is 6. The molecule has 0 aromatic heterocycles. The number of carbonyl (C=O) groups is 1. The summed E-state index contributed by atoms with van der Waals surface area (Å²) >= 11 is 4.64. The van der Waals surface area contributed by atoms with Gasteiger partial charge in [-0.25, -0.2) is 9.08 Å². The summed E-state index contributed by atoms with van der Waals surface area (Å²) in [5.74, 6) is -5.34. The number of aliphatic hydroxyl groups excluding tert-OH is 4. The lowest BCUT2D eigenvalue weighted by atomic mass is 10.0. The van der Waals surface area contributed by atoms with Crippen LogP contribution in [-0.4, -0.2) is 67.3 Å². The molecule has 0 spiro atoms. The second kappa shape index (κ2) is 5.56. The molecule has 0 rings (SSSR count). The Hall–Kier alpha value is -0.480. The Bertz CT molecular complexity index is 223. The van der Waals surface area contributed by atoms with E-state index >= 15 is 0 Å². The van der Waals surface area contributed by atoms with Crippen molar-refractivity contribution in [1.82, 2.24) is 0 Å². The highest BCUT2D eigenvalue weighted by Crippen LogP contribution is 2.19. The van der Waals surface area contributed by atoms with E-state index in [1.807, 2.05) is 0 Å². The van der Waals surface area contributed by atoms with Gasteiger partial charge >= 0.3 is 11.8 Å². The third kappa shape index (κ3) is 2.98. The molecule has 0 aliphatic rings. The van der Waals surface area contributed by atoms with Crippen molar-refractivity contribution < 1.29 is 39.7 Å². The minimum Gasteiger partial charge on any atom is -0.477 e. The number of carboxylic acid groups (broad SMARTS) is 1. The summed E-state index contributed by atoms with van der Waals surface area (Å²) in [5.41, 5.74) is 0. The van der Waals surface area contributed by atoms with Crippen LogP contribution in [0, 0.1) is 0 Å². The second-order valence-electron chi connectivity index (χ2n) is 2.76. The summed E-state index contributed by atoms with van der Waals surface area (Å²) in [6.45, 7) is -0.948.